The van der Waals surface area contributed by atoms with Crippen molar-refractivity contribution in [2.45, 2.75) is 19.5 Å². The van der Waals surface area contributed by atoms with Crippen molar-refractivity contribution in [3.05, 3.63) is 52.6 Å². The van der Waals surface area contributed by atoms with Crippen LogP contribution in [0.4, 0.5) is 0 Å². The van der Waals surface area contributed by atoms with Crippen LogP contribution in [0.15, 0.2) is 41.9 Å². The zero-order valence-electron chi connectivity index (χ0n) is 12.2. The lowest BCUT2D eigenvalue weighted by atomic mass is 10.2. The van der Waals surface area contributed by atoms with Gasteiger partial charge in [-0.25, -0.2) is 4.98 Å². The van der Waals surface area contributed by atoms with E-state index < -0.39 is 0 Å². The molecule has 3 aromatic rings. The van der Waals surface area contributed by atoms with Crippen molar-refractivity contribution < 1.29 is 4.79 Å². The van der Waals surface area contributed by atoms with Crippen LogP contribution < -0.4 is 11.1 Å². The number of nitrogens with one attached hydrogen (secondary N) is 1. The SMILES string of the molecule is NCc1nc(C(=O)NCCCn2ccc3ccccc32)cs1. The van der Waals surface area contributed by atoms with Crippen LogP contribution in [0, 0.1) is 0 Å². The molecule has 3 N–H and O–H groups in total. The van der Waals surface area contributed by atoms with Crippen molar-refractivity contribution >= 4 is 28.1 Å². The van der Waals surface area contributed by atoms with Crippen LogP contribution in [0.25, 0.3) is 10.9 Å². The second-order valence-corrected chi connectivity index (χ2v) is 5.95. The summed E-state index contributed by atoms with van der Waals surface area (Å²) in [6.45, 7) is 1.87. The number of carbonyl (C=O) groups is 1. The molecule has 0 aliphatic rings. The largest absolute Gasteiger partial charge is 0.351 e. The smallest absolute Gasteiger partial charge is 0.270 e. The number of thiazole rings is 1. The minimum atomic E-state index is -0.131. The van der Waals surface area contributed by atoms with E-state index in [-0.39, 0.29) is 5.91 Å². The average Bonchev–Trinajstić information content (AvgIpc) is 3.18. The lowest BCUT2D eigenvalue weighted by Gasteiger charge is -2.06. The summed E-state index contributed by atoms with van der Waals surface area (Å²) in [5, 5.41) is 6.67. The van der Waals surface area contributed by atoms with Crippen LogP contribution in [-0.4, -0.2) is 22.0 Å². The lowest BCUT2D eigenvalue weighted by molar-refractivity contribution is 0.0948. The van der Waals surface area contributed by atoms with Gasteiger partial charge in [0.1, 0.15) is 10.7 Å². The lowest BCUT2D eigenvalue weighted by Crippen LogP contribution is -2.25. The van der Waals surface area contributed by atoms with E-state index in [1.807, 2.05) is 12.1 Å². The van der Waals surface area contributed by atoms with Crippen molar-refractivity contribution in [2.75, 3.05) is 6.54 Å². The van der Waals surface area contributed by atoms with E-state index in [1.165, 1.54) is 22.2 Å². The number of rotatable bonds is 6. The monoisotopic (exact) mass is 314 g/mol. The quantitative estimate of drug-likeness (QED) is 0.686. The maximum atomic E-state index is 11.9. The van der Waals surface area contributed by atoms with Crippen LogP contribution in [0.3, 0.4) is 0 Å². The second-order valence-electron chi connectivity index (χ2n) is 5.01. The molecule has 0 unspecified atom stereocenters. The van der Waals surface area contributed by atoms with Gasteiger partial charge in [0.15, 0.2) is 0 Å². The maximum absolute atomic E-state index is 11.9. The van der Waals surface area contributed by atoms with Crippen molar-refractivity contribution in [1.29, 1.82) is 0 Å². The summed E-state index contributed by atoms with van der Waals surface area (Å²) in [6, 6.07) is 10.4. The Bertz CT molecular complexity index is 777. The highest BCUT2D eigenvalue weighted by Crippen LogP contribution is 2.15. The maximum Gasteiger partial charge on any atom is 0.270 e. The third kappa shape index (κ3) is 3.18. The number of aryl methyl sites for hydroxylation is 1. The summed E-state index contributed by atoms with van der Waals surface area (Å²) in [6.07, 6.45) is 2.96. The van der Waals surface area contributed by atoms with Gasteiger partial charge in [0, 0.05) is 36.7 Å². The Kier molecular flexibility index (Phi) is 4.50. The summed E-state index contributed by atoms with van der Waals surface area (Å²) >= 11 is 1.42. The fourth-order valence-electron chi connectivity index (χ4n) is 2.39. The fraction of sp³-hybridized carbons (Fsp3) is 0.250. The number of hydrogen-bond acceptors (Lipinski definition) is 4. The van der Waals surface area contributed by atoms with Crippen LogP contribution in [-0.2, 0) is 13.1 Å². The van der Waals surface area contributed by atoms with Gasteiger partial charge in [-0.1, -0.05) is 18.2 Å². The fourth-order valence-corrected chi connectivity index (χ4v) is 3.04. The summed E-state index contributed by atoms with van der Waals surface area (Å²) in [5.74, 6) is -0.131. The molecular formula is C16H18N4OS. The summed E-state index contributed by atoms with van der Waals surface area (Å²) < 4.78 is 2.21. The van der Waals surface area contributed by atoms with Gasteiger partial charge < -0.3 is 15.6 Å². The molecule has 1 aromatic carbocycles. The molecule has 0 spiro atoms. The molecule has 2 heterocycles. The number of benzene rings is 1. The van der Waals surface area contributed by atoms with Gasteiger partial charge in [-0.2, -0.15) is 0 Å². The average molecular weight is 314 g/mol. The molecule has 0 aliphatic heterocycles. The van der Waals surface area contributed by atoms with Crippen LogP contribution in [0.2, 0.25) is 0 Å². The molecule has 0 aliphatic carbocycles. The van der Waals surface area contributed by atoms with E-state index in [2.05, 4.69) is 39.3 Å². The zero-order valence-corrected chi connectivity index (χ0v) is 13.0. The number of nitrogens with zero attached hydrogens (tertiary/aromatic N) is 2. The molecule has 0 radical (unpaired) electrons. The highest BCUT2D eigenvalue weighted by Gasteiger charge is 2.09. The van der Waals surface area contributed by atoms with Gasteiger partial charge in [0.25, 0.3) is 5.91 Å². The molecule has 5 nitrogen and oxygen atoms in total. The molecule has 0 atom stereocenters. The van der Waals surface area contributed by atoms with Gasteiger partial charge in [0.2, 0.25) is 0 Å². The van der Waals surface area contributed by atoms with Gasteiger partial charge in [-0.15, -0.1) is 11.3 Å². The molecule has 1 amide bonds. The minimum absolute atomic E-state index is 0.131. The molecule has 0 fully saturated rings. The molecule has 3 rings (SSSR count). The highest BCUT2D eigenvalue weighted by molar-refractivity contribution is 7.09. The molecule has 0 saturated heterocycles. The Labute approximate surface area is 132 Å². The number of hydrogen-bond donors (Lipinski definition) is 2. The molecule has 0 bridgehead atoms. The van der Waals surface area contributed by atoms with E-state index >= 15 is 0 Å². The third-order valence-corrected chi connectivity index (χ3v) is 4.37. The first kappa shape index (κ1) is 14.7. The Balaban J connectivity index is 1.50. The number of amides is 1. The van der Waals surface area contributed by atoms with Crippen molar-refractivity contribution in [3.63, 3.8) is 0 Å². The number of fused-ring (bicyclic) bond motifs is 1. The first-order valence-electron chi connectivity index (χ1n) is 7.24. The second kappa shape index (κ2) is 6.72. The normalized spacial score (nSPS) is 11.0. The van der Waals surface area contributed by atoms with Gasteiger partial charge in [-0.05, 0) is 23.9 Å². The van der Waals surface area contributed by atoms with E-state index in [1.54, 1.807) is 5.38 Å². The molecule has 2 aromatic heterocycles. The van der Waals surface area contributed by atoms with Crippen molar-refractivity contribution in [3.8, 4) is 0 Å². The zero-order chi connectivity index (χ0) is 15.4. The minimum Gasteiger partial charge on any atom is -0.351 e. The predicted molar refractivity (Wildman–Crippen MR) is 88.9 cm³/mol. The van der Waals surface area contributed by atoms with E-state index in [0.29, 0.717) is 18.8 Å². The number of carbonyl (C=O) groups excluding carboxylic acids is 1. The summed E-state index contributed by atoms with van der Waals surface area (Å²) in [4.78, 5) is 16.1. The predicted octanol–water partition coefficient (Wildman–Crippen LogP) is 2.38. The van der Waals surface area contributed by atoms with Crippen molar-refractivity contribution in [1.82, 2.24) is 14.9 Å². The summed E-state index contributed by atoms with van der Waals surface area (Å²) in [5.41, 5.74) is 7.18. The Morgan fingerprint density at radius 2 is 2.18 bits per heavy atom. The number of nitrogens with two attached hydrogens (primary N) is 1. The van der Waals surface area contributed by atoms with Gasteiger partial charge in [0.05, 0.1) is 0 Å². The van der Waals surface area contributed by atoms with E-state index in [4.69, 9.17) is 5.73 Å². The highest BCUT2D eigenvalue weighted by atomic mass is 32.1. The number of para-hydroxylation sites is 1. The third-order valence-electron chi connectivity index (χ3n) is 3.50. The molecule has 22 heavy (non-hydrogen) atoms. The summed E-state index contributed by atoms with van der Waals surface area (Å²) in [7, 11) is 0. The molecular weight excluding hydrogens is 296 g/mol. The Morgan fingerprint density at radius 1 is 1.32 bits per heavy atom. The first-order valence-corrected chi connectivity index (χ1v) is 8.12. The van der Waals surface area contributed by atoms with Crippen LogP contribution >= 0.6 is 11.3 Å². The van der Waals surface area contributed by atoms with E-state index in [0.717, 1.165) is 18.0 Å². The van der Waals surface area contributed by atoms with Gasteiger partial charge in [-0.3, -0.25) is 4.79 Å². The van der Waals surface area contributed by atoms with Crippen molar-refractivity contribution in [2.24, 2.45) is 5.73 Å². The standard InChI is InChI=1S/C16H18N4OS/c17-10-15-19-13(11-22-15)16(21)18-7-3-8-20-9-6-12-4-1-2-5-14(12)20/h1-2,4-6,9,11H,3,7-8,10,17H2,(H,18,21). The Morgan fingerprint density at radius 3 is 3.00 bits per heavy atom. The molecule has 0 saturated carbocycles. The van der Waals surface area contributed by atoms with Gasteiger partial charge >= 0.3 is 0 Å². The topological polar surface area (TPSA) is 72.9 Å². The van der Waals surface area contributed by atoms with E-state index in [9.17, 15) is 4.79 Å². The Hall–Kier alpha value is -2.18. The first-order chi connectivity index (χ1) is 10.8. The molecule has 114 valence electrons. The molecule has 6 heteroatoms. The number of aromatic nitrogens is 2. The van der Waals surface area contributed by atoms with Crippen LogP contribution in [0.5, 0.6) is 0 Å². The van der Waals surface area contributed by atoms with Crippen LogP contribution in [0.1, 0.15) is 21.9 Å².